The average molecular weight is 560 g/mol. The number of nitrogens with zero attached hydrogens (tertiary/aromatic N) is 1. The SMILES string of the molecule is CSNC(=O)c1cc(C2CC2)c(OCC2CCN(Sc3ccc(Br)c(Cl)c3)CC2)cc1F. The number of rotatable bonds is 8. The van der Waals surface area contributed by atoms with Crippen molar-refractivity contribution in [2.75, 3.05) is 26.0 Å². The molecule has 1 heterocycles. The maximum absolute atomic E-state index is 14.6. The zero-order chi connectivity index (χ0) is 22.7. The Labute approximate surface area is 210 Å². The molecule has 0 radical (unpaired) electrons. The number of carbonyl (C=O) groups excluding carboxylic acids is 1. The second-order valence-electron chi connectivity index (χ2n) is 8.13. The van der Waals surface area contributed by atoms with Crippen molar-refractivity contribution in [1.29, 1.82) is 0 Å². The molecule has 4 nitrogen and oxygen atoms in total. The zero-order valence-corrected chi connectivity index (χ0v) is 21.7. The molecule has 1 saturated heterocycles. The third kappa shape index (κ3) is 6.14. The van der Waals surface area contributed by atoms with Crippen molar-refractivity contribution < 1.29 is 13.9 Å². The van der Waals surface area contributed by atoms with Gasteiger partial charge in [0.05, 0.1) is 17.2 Å². The fraction of sp³-hybridized carbons (Fsp3) is 0.435. The molecule has 0 atom stereocenters. The lowest BCUT2D eigenvalue weighted by atomic mass is 9.99. The predicted molar refractivity (Wildman–Crippen MR) is 134 cm³/mol. The van der Waals surface area contributed by atoms with Gasteiger partial charge in [-0.3, -0.25) is 9.52 Å². The van der Waals surface area contributed by atoms with Gasteiger partial charge in [0, 0.05) is 34.8 Å². The fourth-order valence-corrected chi connectivity index (χ4v) is 5.57. The van der Waals surface area contributed by atoms with Crippen LogP contribution >= 0.6 is 51.4 Å². The lowest BCUT2D eigenvalue weighted by Crippen LogP contribution is -2.31. The minimum Gasteiger partial charge on any atom is -0.493 e. The maximum atomic E-state index is 14.6. The number of piperidine rings is 1. The van der Waals surface area contributed by atoms with E-state index in [1.807, 2.05) is 12.1 Å². The highest BCUT2D eigenvalue weighted by molar-refractivity contribution is 9.10. The van der Waals surface area contributed by atoms with Crippen LogP contribution < -0.4 is 9.46 Å². The van der Waals surface area contributed by atoms with Gasteiger partial charge in [-0.1, -0.05) is 23.5 Å². The van der Waals surface area contributed by atoms with Gasteiger partial charge >= 0.3 is 0 Å². The van der Waals surface area contributed by atoms with Crippen molar-refractivity contribution in [2.24, 2.45) is 5.92 Å². The second kappa shape index (κ2) is 11.0. The lowest BCUT2D eigenvalue weighted by Gasteiger charge is -2.31. The van der Waals surface area contributed by atoms with Crippen LogP contribution in [-0.2, 0) is 0 Å². The van der Waals surface area contributed by atoms with Gasteiger partial charge in [-0.2, -0.15) is 0 Å². The third-order valence-corrected chi connectivity index (χ3v) is 8.44. The van der Waals surface area contributed by atoms with Crippen LogP contribution in [0.3, 0.4) is 0 Å². The van der Waals surface area contributed by atoms with Crippen molar-refractivity contribution in [1.82, 2.24) is 9.03 Å². The molecule has 4 rings (SSSR count). The Morgan fingerprint density at radius 2 is 2.00 bits per heavy atom. The fourth-order valence-electron chi connectivity index (χ4n) is 3.79. The number of carbonyl (C=O) groups is 1. The molecule has 1 amide bonds. The van der Waals surface area contributed by atoms with E-state index in [0.29, 0.717) is 29.2 Å². The summed E-state index contributed by atoms with van der Waals surface area (Å²) in [7, 11) is 0. The van der Waals surface area contributed by atoms with Crippen molar-refractivity contribution in [2.45, 2.75) is 36.5 Å². The van der Waals surface area contributed by atoms with Crippen LogP contribution in [0.1, 0.15) is 47.5 Å². The Morgan fingerprint density at radius 1 is 1.25 bits per heavy atom. The van der Waals surface area contributed by atoms with Crippen LogP contribution in [0.4, 0.5) is 4.39 Å². The molecule has 2 fully saturated rings. The predicted octanol–water partition coefficient (Wildman–Crippen LogP) is 6.92. The monoisotopic (exact) mass is 558 g/mol. The Hall–Kier alpha value is -0.930. The molecule has 0 bridgehead atoms. The minimum absolute atomic E-state index is 0.0898. The second-order valence-corrected chi connectivity index (χ2v) is 11.2. The van der Waals surface area contributed by atoms with Gasteiger partial charge in [0.2, 0.25) is 0 Å². The summed E-state index contributed by atoms with van der Waals surface area (Å²) in [6.45, 7) is 2.49. The van der Waals surface area contributed by atoms with Gasteiger partial charge in [-0.05, 0) is 95.2 Å². The highest BCUT2D eigenvalue weighted by atomic mass is 79.9. The van der Waals surface area contributed by atoms with E-state index in [1.54, 1.807) is 24.3 Å². The Bertz CT molecular complexity index is 985. The van der Waals surface area contributed by atoms with Crippen molar-refractivity contribution in [3.05, 3.63) is 56.8 Å². The average Bonchev–Trinajstić information content (AvgIpc) is 3.61. The van der Waals surface area contributed by atoms with E-state index in [1.165, 1.54) is 18.0 Å². The van der Waals surface area contributed by atoms with E-state index in [4.69, 9.17) is 16.3 Å². The molecule has 2 aromatic rings. The molecule has 2 aliphatic rings. The summed E-state index contributed by atoms with van der Waals surface area (Å²) in [4.78, 5) is 13.3. The summed E-state index contributed by atoms with van der Waals surface area (Å²) in [5.74, 6) is 0.445. The number of ether oxygens (including phenoxy) is 1. The number of hydrogen-bond donors (Lipinski definition) is 1. The summed E-state index contributed by atoms with van der Waals surface area (Å²) < 4.78 is 26.6. The molecule has 0 unspecified atom stereocenters. The molecule has 1 aliphatic carbocycles. The largest absolute Gasteiger partial charge is 0.493 e. The Morgan fingerprint density at radius 3 is 2.66 bits per heavy atom. The van der Waals surface area contributed by atoms with Crippen molar-refractivity contribution in [3.8, 4) is 5.75 Å². The van der Waals surface area contributed by atoms with E-state index >= 15 is 0 Å². The van der Waals surface area contributed by atoms with Gasteiger partial charge in [-0.15, -0.1) is 0 Å². The summed E-state index contributed by atoms with van der Waals surface area (Å²) >= 11 is 12.5. The summed E-state index contributed by atoms with van der Waals surface area (Å²) in [6, 6.07) is 9.08. The van der Waals surface area contributed by atoms with E-state index in [9.17, 15) is 9.18 Å². The normalized spacial score (nSPS) is 17.4. The molecule has 2 aromatic carbocycles. The number of benzene rings is 2. The minimum atomic E-state index is -0.532. The van der Waals surface area contributed by atoms with Crippen LogP contribution in [0.5, 0.6) is 5.75 Å². The molecule has 1 aliphatic heterocycles. The van der Waals surface area contributed by atoms with Crippen LogP contribution in [0.2, 0.25) is 5.02 Å². The van der Waals surface area contributed by atoms with E-state index in [0.717, 1.165) is 53.7 Å². The molecule has 9 heteroatoms. The molecular weight excluding hydrogens is 535 g/mol. The van der Waals surface area contributed by atoms with Crippen LogP contribution in [0.25, 0.3) is 0 Å². The first-order valence-electron chi connectivity index (χ1n) is 10.6. The third-order valence-electron chi connectivity index (χ3n) is 5.73. The van der Waals surface area contributed by atoms with Gasteiger partial charge in [-0.25, -0.2) is 8.70 Å². The number of hydrogen-bond acceptors (Lipinski definition) is 5. The van der Waals surface area contributed by atoms with Crippen molar-refractivity contribution >= 4 is 57.3 Å². The van der Waals surface area contributed by atoms with E-state index < -0.39 is 11.7 Å². The quantitative estimate of drug-likeness (QED) is 0.355. The summed E-state index contributed by atoms with van der Waals surface area (Å²) in [6.07, 6.45) is 5.90. The molecule has 172 valence electrons. The lowest BCUT2D eigenvalue weighted by molar-refractivity contribution is 0.0980. The standard InChI is InChI=1S/C23H25BrClFN2O2S2/c1-31-27-23(29)18-11-17(15-2-3-15)22(12-21(18)26)30-13-14-6-8-28(9-7-14)32-16-4-5-19(24)20(25)10-16/h4-5,10-12,14-15H,2-3,6-9,13H2,1H3,(H,27,29). The first kappa shape index (κ1) is 24.2. The van der Waals surface area contributed by atoms with E-state index in [-0.39, 0.29) is 5.56 Å². The highest BCUT2D eigenvalue weighted by Crippen LogP contribution is 2.45. The molecule has 1 N–H and O–H groups in total. The highest BCUT2D eigenvalue weighted by Gasteiger charge is 2.30. The van der Waals surface area contributed by atoms with Gasteiger partial charge in [0.25, 0.3) is 5.91 Å². The Balaban J connectivity index is 1.33. The zero-order valence-electron chi connectivity index (χ0n) is 17.7. The van der Waals surface area contributed by atoms with Gasteiger partial charge in [0.1, 0.15) is 11.6 Å². The molecule has 0 spiro atoms. The summed E-state index contributed by atoms with van der Waals surface area (Å²) in [5, 5.41) is 0.717. The Kier molecular flexibility index (Phi) is 8.32. The molecular formula is C23H25BrClFN2O2S2. The smallest absolute Gasteiger partial charge is 0.264 e. The van der Waals surface area contributed by atoms with Crippen molar-refractivity contribution in [3.63, 3.8) is 0 Å². The molecule has 0 aromatic heterocycles. The topological polar surface area (TPSA) is 41.6 Å². The first-order chi connectivity index (χ1) is 15.4. The van der Waals surface area contributed by atoms with Crippen LogP contribution in [0, 0.1) is 11.7 Å². The number of halogens is 3. The number of nitrogens with one attached hydrogen (secondary N) is 1. The van der Waals surface area contributed by atoms with Gasteiger partial charge in [0.15, 0.2) is 0 Å². The van der Waals surface area contributed by atoms with Gasteiger partial charge < -0.3 is 4.74 Å². The molecule has 1 saturated carbocycles. The van der Waals surface area contributed by atoms with E-state index in [2.05, 4.69) is 31.0 Å². The summed E-state index contributed by atoms with van der Waals surface area (Å²) in [5.41, 5.74) is 1.05. The molecule has 32 heavy (non-hydrogen) atoms. The van der Waals surface area contributed by atoms with Crippen LogP contribution in [0.15, 0.2) is 39.7 Å². The van der Waals surface area contributed by atoms with Crippen LogP contribution in [-0.4, -0.2) is 36.2 Å². The maximum Gasteiger partial charge on any atom is 0.264 e. The number of amides is 1. The first-order valence-corrected chi connectivity index (χ1v) is 13.8.